The summed E-state index contributed by atoms with van der Waals surface area (Å²) >= 11 is 0. The predicted molar refractivity (Wildman–Crippen MR) is 75.9 cm³/mol. The fourth-order valence-electron chi connectivity index (χ4n) is 3.92. The molecule has 0 saturated heterocycles. The van der Waals surface area contributed by atoms with Gasteiger partial charge < -0.3 is 5.11 Å². The van der Waals surface area contributed by atoms with Gasteiger partial charge in [0.25, 0.3) is 0 Å². The van der Waals surface area contributed by atoms with Crippen LogP contribution in [0.1, 0.15) is 35.1 Å². The number of hydrogen-bond acceptors (Lipinski definition) is 1. The van der Waals surface area contributed by atoms with E-state index >= 15 is 0 Å². The first-order chi connectivity index (χ1) is 9.36. The number of benzene rings is 2. The molecule has 2 aromatic carbocycles. The molecule has 2 aromatic rings. The van der Waals surface area contributed by atoms with Crippen LogP contribution in [0.2, 0.25) is 0 Å². The molecule has 0 aromatic heterocycles. The Hall–Kier alpha value is -1.60. The van der Waals surface area contributed by atoms with Crippen molar-refractivity contribution in [2.75, 3.05) is 0 Å². The first-order valence-electron chi connectivity index (χ1n) is 7.17. The molecule has 2 aliphatic rings. The zero-order valence-corrected chi connectivity index (χ0v) is 10.9. The summed E-state index contributed by atoms with van der Waals surface area (Å²) in [6.07, 6.45) is 2.10. The molecule has 0 bridgehead atoms. The van der Waals surface area contributed by atoms with Gasteiger partial charge >= 0.3 is 0 Å². The fraction of sp³-hybridized carbons (Fsp3) is 0.333. The second-order valence-electron chi connectivity index (χ2n) is 5.86. The quantitative estimate of drug-likeness (QED) is 0.861. The van der Waals surface area contributed by atoms with Gasteiger partial charge in [0.2, 0.25) is 0 Å². The fourth-order valence-corrected chi connectivity index (χ4v) is 3.92. The molecule has 96 valence electrons. The maximum absolute atomic E-state index is 10.6. The maximum atomic E-state index is 10.6. The number of aryl methyl sites for hydroxylation is 1. The van der Waals surface area contributed by atoms with E-state index in [1.807, 2.05) is 30.3 Å². The van der Waals surface area contributed by atoms with Gasteiger partial charge in [-0.2, -0.15) is 0 Å². The van der Waals surface area contributed by atoms with E-state index in [1.165, 1.54) is 24.0 Å². The van der Waals surface area contributed by atoms with Crippen LogP contribution in [0.3, 0.4) is 0 Å². The first kappa shape index (κ1) is 11.2. The molecule has 2 aliphatic carbocycles. The molecule has 1 heteroatoms. The Morgan fingerprint density at radius 3 is 2.53 bits per heavy atom. The first-order valence-corrected chi connectivity index (χ1v) is 7.17. The van der Waals surface area contributed by atoms with E-state index in [4.69, 9.17) is 0 Å². The molecule has 4 rings (SSSR count). The largest absolute Gasteiger partial charge is 0.388 e. The predicted octanol–water partition coefficient (Wildman–Crippen LogP) is 3.70. The SMILES string of the molecule is OC(c1ccccc1)C1C2CCc3ccccc3C21. The summed E-state index contributed by atoms with van der Waals surface area (Å²) < 4.78 is 0. The second kappa shape index (κ2) is 4.21. The molecule has 1 fully saturated rings. The van der Waals surface area contributed by atoms with Crippen LogP contribution in [0.4, 0.5) is 0 Å². The van der Waals surface area contributed by atoms with E-state index in [9.17, 15) is 5.11 Å². The van der Waals surface area contributed by atoms with E-state index in [0.29, 0.717) is 17.8 Å². The molecule has 19 heavy (non-hydrogen) atoms. The van der Waals surface area contributed by atoms with Crippen molar-refractivity contribution in [3.05, 3.63) is 71.3 Å². The summed E-state index contributed by atoms with van der Waals surface area (Å²) in [5.41, 5.74) is 4.05. The molecule has 1 N–H and O–H groups in total. The van der Waals surface area contributed by atoms with Gasteiger partial charge in [0.15, 0.2) is 0 Å². The third-order valence-corrected chi connectivity index (χ3v) is 4.90. The summed E-state index contributed by atoms with van der Waals surface area (Å²) in [4.78, 5) is 0. The van der Waals surface area contributed by atoms with Gasteiger partial charge in [-0.25, -0.2) is 0 Å². The number of fused-ring (bicyclic) bond motifs is 3. The van der Waals surface area contributed by atoms with Crippen LogP contribution in [0, 0.1) is 11.8 Å². The van der Waals surface area contributed by atoms with Crippen LogP contribution in [-0.4, -0.2) is 5.11 Å². The Morgan fingerprint density at radius 1 is 0.947 bits per heavy atom. The Labute approximate surface area is 113 Å². The van der Waals surface area contributed by atoms with Crippen LogP contribution in [0.15, 0.2) is 54.6 Å². The van der Waals surface area contributed by atoms with Gasteiger partial charge in [-0.3, -0.25) is 0 Å². The van der Waals surface area contributed by atoms with Gasteiger partial charge in [0.1, 0.15) is 0 Å². The molecule has 0 aliphatic heterocycles. The summed E-state index contributed by atoms with van der Waals surface area (Å²) in [6, 6.07) is 18.9. The molecular weight excluding hydrogens is 232 g/mol. The van der Waals surface area contributed by atoms with Crippen molar-refractivity contribution in [1.82, 2.24) is 0 Å². The Kier molecular flexibility index (Phi) is 2.49. The molecule has 0 radical (unpaired) electrons. The second-order valence-corrected chi connectivity index (χ2v) is 5.86. The number of aliphatic hydroxyl groups is 1. The topological polar surface area (TPSA) is 20.2 Å². The van der Waals surface area contributed by atoms with Crippen molar-refractivity contribution in [2.45, 2.75) is 24.9 Å². The van der Waals surface area contributed by atoms with E-state index in [0.717, 1.165) is 5.56 Å². The smallest absolute Gasteiger partial charge is 0.0827 e. The number of hydrogen-bond donors (Lipinski definition) is 1. The van der Waals surface area contributed by atoms with Crippen molar-refractivity contribution >= 4 is 0 Å². The molecule has 4 unspecified atom stereocenters. The highest BCUT2D eigenvalue weighted by Gasteiger charge is 2.56. The summed E-state index contributed by atoms with van der Waals surface area (Å²) in [5.74, 6) is 1.69. The molecular formula is C18H18O. The maximum Gasteiger partial charge on any atom is 0.0827 e. The lowest BCUT2D eigenvalue weighted by Crippen LogP contribution is -2.01. The van der Waals surface area contributed by atoms with Crippen molar-refractivity contribution in [3.63, 3.8) is 0 Å². The molecule has 1 saturated carbocycles. The molecule has 0 amide bonds. The summed E-state index contributed by atoms with van der Waals surface area (Å²) in [6.45, 7) is 0. The van der Waals surface area contributed by atoms with Gasteiger partial charge in [-0.05, 0) is 47.3 Å². The van der Waals surface area contributed by atoms with Gasteiger partial charge in [0, 0.05) is 0 Å². The third-order valence-electron chi connectivity index (χ3n) is 4.90. The van der Waals surface area contributed by atoms with Gasteiger partial charge in [-0.15, -0.1) is 0 Å². The Balaban J connectivity index is 1.64. The van der Waals surface area contributed by atoms with Crippen molar-refractivity contribution in [3.8, 4) is 0 Å². The van der Waals surface area contributed by atoms with E-state index in [-0.39, 0.29) is 6.10 Å². The molecule has 0 spiro atoms. The van der Waals surface area contributed by atoms with Gasteiger partial charge in [0.05, 0.1) is 6.10 Å². The normalized spacial score (nSPS) is 29.2. The molecule has 4 atom stereocenters. The lowest BCUT2D eigenvalue weighted by atomic mass is 9.92. The van der Waals surface area contributed by atoms with E-state index < -0.39 is 0 Å². The van der Waals surface area contributed by atoms with Crippen molar-refractivity contribution in [2.24, 2.45) is 11.8 Å². The van der Waals surface area contributed by atoms with Crippen molar-refractivity contribution in [1.29, 1.82) is 0 Å². The van der Waals surface area contributed by atoms with E-state index in [1.54, 1.807) is 0 Å². The number of rotatable bonds is 2. The Bertz CT molecular complexity index is 590. The van der Waals surface area contributed by atoms with Crippen LogP contribution in [0.25, 0.3) is 0 Å². The third kappa shape index (κ3) is 1.73. The average molecular weight is 250 g/mol. The van der Waals surface area contributed by atoms with Gasteiger partial charge in [-0.1, -0.05) is 54.6 Å². The lowest BCUT2D eigenvalue weighted by Gasteiger charge is -2.13. The minimum absolute atomic E-state index is 0.303. The lowest BCUT2D eigenvalue weighted by molar-refractivity contribution is 0.145. The zero-order chi connectivity index (χ0) is 12.8. The Morgan fingerprint density at radius 2 is 1.68 bits per heavy atom. The standard InChI is InChI=1S/C18H18O/c19-18(13-7-2-1-3-8-13)17-15-11-10-12-6-4-5-9-14(12)16(15)17/h1-9,15-19H,10-11H2. The molecule has 0 heterocycles. The highest BCUT2D eigenvalue weighted by Crippen LogP contribution is 2.64. The van der Waals surface area contributed by atoms with Crippen LogP contribution >= 0.6 is 0 Å². The highest BCUT2D eigenvalue weighted by atomic mass is 16.3. The monoisotopic (exact) mass is 250 g/mol. The minimum Gasteiger partial charge on any atom is -0.388 e. The van der Waals surface area contributed by atoms with Crippen molar-refractivity contribution < 1.29 is 5.11 Å². The van der Waals surface area contributed by atoms with Crippen LogP contribution in [0.5, 0.6) is 0 Å². The summed E-state index contributed by atoms with van der Waals surface area (Å²) in [5, 5.41) is 10.6. The zero-order valence-electron chi connectivity index (χ0n) is 10.9. The average Bonchev–Trinajstić information content (AvgIpc) is 3.22. The molecule has 1 nitrogen and oxygen atoms in total. The van der Waals surface area contributed by atoms with Crippen LogP contribution in [-0.2, 0) is 6.42 Å². The minimum atomic E-state index is -0.303. The van der Waals surface area contributed by atoms with E-state index in [2.05, 4.69) is 24.3 Å². The summed E-state index contributed by atoms with van der Waals surface area (Å²) in [7, 11) is 0. The van der Waals surface area contributed by atoms with Crippen LogP contribution < -0.4 is 0 Å². The number of aliphatic hydroxyl groups excluding tert-OH is 1. The highest BCUT2D eigenvalue weighted by molar-refractivity contribution is 5.40.